The summed E-state index contributed by atoms with van der Waals surface area (Å²) in [6, 6.07) is 14.2. The van der Waals surface area contributed by atoms with Gasteiger partial charge in [-0.2, -0.15) is 0 Å². The van der Waals surface area contributed by atoms with Crippen molar-refractivity contribution in [3.8, 4) is 11.4 Å². The molecule has 2 N–H and O–H groups in total. The lowest BCUT2D eigenvalue weighted by Crippen LogP contribution is -2.44. The first-order valence-electron chi connectivity index (χ1n) is 12.2. The number of imidazole rings is 1. The van der Waals surface area contributed by atoms with Crippen LogP contribution in [0.25, 0.3) is 5.69 Å². The zero-order chi connectivity index (χ0) is 24.2. The second kappa shape index (κ2) is 10.3. The lowest BCUT2D eigenvalue weighted by atomic mass is 10.1. The standard InChI is InChI=1S/C27H31N5O3/c1-19-2-5-21-14-25(19)35-13-11-29-26(33)15-23-8-9-24(16-30-27(21)34)32(23)17-20-3-6-22(7-4-20)31-12-10-28-18-31/h2-7,10,12,14,18,23-24H,8-9,11,13,15-17H2,1H3,(H,29,33)(H,30,34)/t23-,24+/m0/s1. The summed E-state index contributed by atoms with van der Waals surface area (Å²) in [4.78, 5) is 32.1. The first-order chi connectivity index (χ1) is 17.1. The molecule has 2 aliphatic rings. The number of carbonyl (C=O) groups is 2. The average Bonchev–Trinajstić information content (AvgIpc) is 3.52. The molecule has 0 radical (unpaired) electrons. The normalized spacial score (nSPS) is 21.4. The highest BCUT2D eigenvalue weighted by atomic mass is 16.5. The summed E-state index contributed by atoms with van der Waals surface area (Å²) in [5.74, 6) is 0.597. The number of rotatable bonds is 3. The van der Waals surface area contributed by atoms with E-state index in [9.17, 15) is 9.59 Å². The monoisotopic (exact) mass is 473 g/mol. The van der Waals surface area contributed by atoms with Crippen LogP contribution in [0.2, 0.25) is 0 Å². The predicted octanol–water partition coefficient (Wildman–Crippen LogP) is 2.84. The van der Waals surface area contributed by atoms with Crippen LogP contribution in [0.15, 0.2) is 61.2 Å². The van der Waals surface area contributed by atoms with Crippen molar-refractivity contribution in [3.63, 3.8) is 0 Å². The van der Waals surface area contributed by atoms with Gasteiger partial charge in [0, 0.05) is 55.2 Å². The third-order valence-corrected chi connectivity index (χ3v) is 6.93. The minimum atomic E-state index is -0.105. The predicted molar refractivity (Wildman–Crippen MR) is 133 cm³/mol. The van der Waals surface area contributed by atoms with Crippen LogP contribution in [0.5, 0.6) is 5.75 Å². The molecular weight excluding hydrogens is 442 g/mol. The number of benzene rings is 2. The fourth-order valence-corrected chi connectivity index (χ4v) is 4.95. The zero-order valence-electron chi connectivity index (χ0n) is 19.9. The van der Waals surface area contributed by atoms with Gasteiger partial charge in [-0.1, -0.05) is 18.2 Å². The van der Waals surface area contributed by atoms with E-state index in [1.807, 2.05) is 29.8 Å². The van der Waals surface area contributed by atoms with Crippen molar-refractivity contribution in [2.75, 3.05) is 19.7 Å². The Morgan fingerprint density at radius 1 is 1.06 bits per heavy atom. The number of hydrogen-bond donors (Lipinski definition) is 2. The van der Waals surface area contributed by atoms with Gasteiger partial charge < -0.3 is 19.9 Å². The maximum atomic E-state index is 12.9. The molecule has 2 atom stereocenters. The molecule has 1 aromatic heterocycles. The Hall–Kier alpha value is -3.65. The SMILES string of the molecule is Cc1ccc2cc1OCCNC(=O)C[C@@H]1CC[C@H](CNC2=O)N1Cc1ccc(-n2ccnc2)cc1. The van der Waals surface area contributed by atoms with Crippen molar-refractivity contribution in [2.45, 2.75) is 44.8 Å². The van der Waals surface area contributed by atoms with Gasteiger partial charge in [-0.25, -0.2) is 4.98 Å². The minimum absolute atomic E-state index is 0.0316. The summed E-state index contributed by atoms with van der Waals surface area (Å²) in [6.07, 6.45) is 7.76. The van der Waals surface area contributed by atoms with Gasteiger partial charge in [0.1, 0.15) is 12.4 Å². The van der Waals surface area contributed by atoms with E-state index in [4.69, 9.17) is 4.74 Å². The Labute approximate surface area is 205 Å². The van der Waals surface area contributed by atoms with Crippen LogP contribution in [-0.2, 0) is 11.3 Å². The highest BCUT2D eigenvalue weighted by molar-refractivity contribution is 5.94. The molecule has 5 rings (SSSR count). The maximum absolute atomic E-state index is 12.9. The molecule has 3 heterocycles. The fraction of sp³-hybridized carbons (Fsp3) is 0.370. The van der Waals surface area contributed by atoms with Crippen LogP contribution in [0.3, 0.4) is 0 Å². The van der Waals surface area contributed by atoms with Gasteiger partial charge >= 0.3 is 0 Å². The zero-order valence-corrected chi connectivity index (χ0v) is 19.9. The van der Waals surface area contributed by atoms with Crippen molar-refractivity contribution >= 4 is 11.8 Å². The molecule has 8 heteroatoms. The maximum Gasteiger partial charge on any atom is 0.251 e. The molecule has 1 fully saturated rings. The number of hydrogen-bond acceptors (Lipinski definition) is 5. The van der Waals surface area contributed by atoms with Gasteiger partial charge in [0.15, 0.2) is 0 Å². The molecular formula is C27H31N5O3. The topological polar surface area (TPSA) is 88.5 Å². The molecule has 0 saturated carbocycles. The molecule has 182 valence electrons. The van der Waals surface area contributed by atoms with Crippen molar-refractivity contribution in [1.82, 2.24) is 25.1 Å². The second-order valence-corrected chi connectivity index (χ2v) is 9.29. The summed E-state index contributed by atoms with van der Waals surface area (Å²) in [6.45, 7) is 4.00. The Morgan fingerprint density at radius 3 is 2.69 bits per heavy atom. The molecule has 4 bridgehead atoms. The molecule has 0 aliphatic carbocycles. The molecule has 3 aromatic rings. The van der Waals surface area contributed by atoms with Gasteiger partial charge in [-0.05, 0) is 55.2 Å². The van der Waals surface area contributed by atoms with E-state index >= 15 is 0 Å². The van der Waals surface area contributed by atoms with Gasteiger partial charge in [0.2, 0.25) is 5.91 Å². The summed E-state index contributed by atoms with van der Waals surface area (Å²) >= 11 is 0. The van der Waals surface area contributed by atoms with E-state index in [0.29, 0.717) is 37.4 Å². The Kier molecular flexibility index (Phi) is 6.81. The number of nitrogens with one attached hydrogen (secondary N) is 2. The van der Waals surface area contributed by atoms with Crippen LogP contribution >= 0.6 is 0 Å². The first-order valence-corrected chi connectivity index (χ1v) is 12.2. The molecule has 35 heavy (non-hydrogen) atoms. The van der Waals surface area contributed by atoms with Crippen molar-refractivity contribution in [3.05, 3.63) is 77.9 Å². The summed E-state index contributed by atoms with van der Waals surface area (Å²) in [5, 5.41) is 6.11. The number of fused-ring (bicyclic) bond motifs is 4. The fourth-order valence-electron chi connectivity index (χ4n) is 4.95. The second-order valence-electron chi connectivity index (χ2n) is 9.29. The first kappa shape index (κ1) is 23.1. The lowest BCUT2D eigenvalue weighted by molar-refractivity contribution is -0.122. The third-order valence-electron chi connectivity index (χ3n) is 6.93. The minimum Gasteiger partial charge on any atom is -0.491 e. The molecule has 2 aliphatic heterocycles. The van der Waals surface area contributed by atoms with E-state index in [-0.39, 0.29) is 23.9 Å². The Morgan fingerprint density at radius 2 is 1.89 bits per heavy atom. The molecule has 0 spiro atoms. The summed E-state index contributed by atoms with van der Waals surface area (Å²) in [5.41, 5.74) is 3.77. The van der Waals surface area contributed by atoms with Gasteiger partial charge in [0.05, 0.1) is 12.9 Å². The number of aryl methyl sites for hydroxylation is 1. The van der Waals surface area contributed by atoms with Gasteiger partial charge in [-0.15, -0.1) is 0 Å². The van der Waals surface area contributed by atoms with Crippen LogP contribution in [0.4, 0.5) is 0 Å². The highest BCUT2D eigenvalue weighted by Gasteiger charge is 2.34. The number of amides is 2. The van der Waals surface area contributed by atoms with E-state index in [1.54, 1.807) is 18.6 Å². The van der Waals surface area contributed by atoms with Gasteiger partial charge in [0.25, 0.3) is 5.91 Å². The Bertz CT molecular complexity index is 1180. The molecule has 8 nitrogen and oxygen atoms in total. The third kappa shape index (κ3) is 5.38. The molecule has 2 amide bonds. The van der Waals surface area contributed by atoms with Crippen LogP contribution in [0.1, 0.15) is 40.7 Å². The van der Waals surface area contributed by atoms with Crippen LogP contribution < -0.4 is 15.4 Å². The summed E-state index contributed by atoms with van der Waals surface area (Å²) in [7, 11) is 0. The van der Waals surface area contributed by atoms with Crippen LogP contribution in [0, 0.1) is 6.92 Å². The number of carbonyl (C=O) groups excluding carboxylic acids is 2. The lowest BCUT2D eigenvalue weighted by Gasteiger charge is -2.30. The molecule has 1 saturated heterocycles. The van der Waals surface area contributed by atoms with Gasteiger partial charge in [-0.3, -0.25) is 14.5 Å². The van der Waals surface area contributed by atoms with Crippen molar-refractivity contribution in [2.24, 2.45) is 0 Å². The smallest absolute Gasteiger partial charge is 0.251 e. The Balaban J connectivity index is 1.35. The molecule has 0 unspecified atom stereocenters. The van der Waals surface area contributed by atoms with E-state index in [0.717, 1.165) is 30.6 Å². The number of nitrogens with zero attached hydrogens (tertiary/aromatic N) is 3. The van der Waals surface area contributed by atoms with E-state index in [2.05, 4.69) is 44.8 Å². The number of aromatic nitrogens is 2. The van der Waals surface area contributed by atoms with E-state index in [1.165, 1.54) is 5.56 Å². The van der Waals surface area contributed by atoms with Crippen molar-refractivity contribution < 1.29 is 14.3 Å². The van der Waals surface area contributed by atoms with E-state index < -0.39 is 0 Å². The number of ether oxygens (including phenoxy) is 1. The summed E-state index contributed by atoms with van der Waals surface area (Å²) < 4.78 is 7.81. The molecule has 2 aromatic carbocycles. The highest BCUT2D eigenvalue weighted by Crippen LogP contribution is 2.29. The average molecular weight is 474 g/mol. The van der Waals surface area contributed by atoms with Crippen LogP contribution in [-0.4, -0.2) is 58.0 Å². The van der Waals surface area contributed by atoms with Crippen molar-refractivity contribution in [1.29, 1.82) is 0 Å². The quantitative estimate of drug-likeness (QED) is 0.611. The largest absolute Gasteiger partial charge is 0.491 e.